The van der Waals surface area contributed by atoms with Gasteiger partial charge in [-0.3, -0.25) is 0 Å². The summed E-state index contributed by atoms with van der Waals surface area (Å²) >= 11 is 8.11. The van der Waals surface area contributed by atoms with Crippen LogP contribution >= 0.6 is 23.4 Å². The number of thioether (sulfide) groups is 1. The first-order valence-corrected chi connectivity index (χ1v) is 7.84. The van der Waals surface area contributed by atoms with E-state index in [2.05, 4.69) is 29.2 Å². The molecule has 3 heteroatoms. The minimum Gasteiger partial charge on any atom is -0.317 e. The summed E-state index contributed by atoms with van der Waals surface area (Å²) < 4.78 is 0. The van der Waals surface area contributed by atoms with Crippen LogP contribution in [0.4, 0.5) is 0 Å². The van der Waals surface area contributed by atoms with Gasteiger partial charge in [0.2, 0.25) is 0 Å². The highest BCUT2D eigenvalue weighted by molar-refractivity contribution is 7.99. The van der Waals surface area contributed by atoms with Crippen LogP contribution in [-0.4, -0.2) is 24.1 Å². The molecule has 0 saturated carbocycles. The third-order valence-corrected chi connectivity index (χ3v) is 4.77. The van der Waals surface area contributed by atoms with Gasteiger partial charge in [-0.2, -0.15) is 11.8 Å². The summed E-state index contributed by atoms with van der Waals surface area (Å²) in [5.41, 5.74) is 1.36. The summed E-state index contributed by atoms with van der Waals surface area (Å²) in [7, 11) is 0. The van der Waals surface area contributed by atoms with Gasteiger partial charge in [0, 0.05) is 10.3 Å². The molecular weight excluding hydrogens is 250 g/mol. The van der Waals surface area contributed by atoms with Gasteiger partial charge in [0.25, 0.3) is 0 Å². The van der Waals surface area contributed by atoms with Gasteiger partial charge in [-0.25, -0.2) is 0 Å². The highest BCUT2D eigenvalue weighted by Crippen LogP contribution is 2.22. The molecular formula is C14H20ClNS. The molecule has 1 N–H and O–H groups in total. The van der Waals surface area contributed by atoms with Gasteiger partial charge in [-0.1, -0.05) is 23.7 Å². The monoisotopic (exact) mass is 269 g/mol. The molecule has 0 radical (unpaired) electrons. The van der Waals surface area contributed by atoms with E-state index in [4.69, 9.17) is 11.6 Å². The molecule has 1 nitrogen and oxygen atoms in total. The minimum absolute atomic E-state index is 0.851. The summed E-state index contributed by atoms with van der Waals surface area (Å²) in [5, 5.41) is 5.17. The van der Waals surface area contributed by atoms with E-state index in [-0.39, 0.29) is 0 Å². The van der Waals surface area contributed by atoms with Crippen LogP contribution in [-0.2, 0) is 6.42 Å². The maximum atomic E-state index is 5.98. The molecule has 0 bridgehead atoms. The maximum Gasteiger partial charge on any atom is 0.0408 e. The Morgan fingerprint density at radius 2 is 2.24 bits per heavy atom. The van der Waals surface area contributed by atoms with Crippen molar-refractivity contribution < 1.29 is 0 Å². The molecule has 2 rings (SSSR count). The van der Waals surface area contributed by atoms with Gasteiger partial charge in [0.15, 0.2) is 0 Å². The second-order valence-corrected chi connectivity index (χ2v) is 6.40. The van der Waals surface area contributed by atoms with E-state index >= 15 is 0 Å². The Morgan fingerprint density at radius 3 is 3.12 bits per heavy atom. The third-order valence-electron chi connectivity index (χ3n) is 3.16. The summed E-state index contributed by atoms with van der Waals surface area (Å²) in [5.74, 6) is 1.21. The van der Waals surface area contributed by atoms with E-state index in [1.807, 2.05) is 12.1 Å². The summed E-state index contributed by atoms with van der Waals surface area (Å²) in [6, 6.07) is 8.23. The van der Waals surface area contributed by atoms with Crippen molar-refractivity contribution in [3.8, 4) is 0 Å². The number of halogens is 1. The Bertz CT molecular complexity index is 335. The van der Waals surface area contributed by atoms with Crippen LogP contribution in [0.3, 0.4) is 0 Å². The Kier molecular flexibility index (Phi) is 5.69. The van der Waals surface area contributed by atoms with Crippen molar-refractivity contribution >= 4 is 23.4 Å². The fourth-order valence-electron chi connectivity index (χ4n) is 2.19. The first-order chi connectivity index (χ1) is 8.34. The first-order valence-electron chi connectivity index (χ1n) is 6.41. The average Bonchev–Trinajstić information content (AvgIpc) is 2.58. The van der Waals surface area contributed by atoms with Crippen LogP contribution in [0.2, 0.25) is 5.02 Å². The van der Waals surface area contributed by atoms with Crippen molar-refractivity contribution in [1.82, 2.24) is 5.32 Å². The van der Waals surface area contributed by atoms with Gasteiger partial charge in [0.1, 0.15) is 0 Å². The third kappa shape index (κ3) is 4.90. The van der Waals surface area contributed by atoms with E-state index in [1.54, 1.807) is 0 Å². The van der Waals surface area contributed by atoms with Crippen LogP contribution in [0.1, 0.15) is 24.8 Å². The molecule has 1 unspecified atom stereocenters. The van der Waals surface area contributed by atoms with E-state index in [1.165, 1.54) is 43.7 Å². The van der Waals surface area contributed by atoms with E-state index in [9.17, 15) is 0 Å². The molecule has 1 aromatic carbocycles. The second-order valence-electron chi connectivity index (χ2n) is 4.55. The zero-order chi connectivity index (χ0) is 11.9. The van der Waals surface area contributed by atoms with Crippen molar-refractivity contribution in [2.75, 3.05) is 18.8 Å². The van der Waals surface area contributed by atoms with Crippen LogP contribution in [0.5, 0.6) is 0 Å². The Labute approximate surface area is 113 Å². The lowest BCUT2D eigenvalue weighted by Gasteiger charge is -2.12. The average molecular weight is 270 g/mol. The molecule has 1 aromatic rings. The largest absolute Gasteiger partial charge is 0.317 e. The molecule has 0 amide bonds. The topological polar surface area (TPSA) is 12.0 Å². The van der Waals surface area contributed by atoms with Crippen molar-refractivity contribution in [1.29, 1.82) is 0 Å². The zero-order valence-corrected chi connectivity index (χ0v) is 11.7. The van der Waals surface area contributed by atoms with Gasteiger partial charge in [-0.05, 0) is 62.2 Å². The molecule has 1 fully saturated rings. The normalized spacial score (nSPS) is 21.1. The lowest BCUT2D eigenvalue weighted by atomic mass is 10.2. The molecule has 94 valence electrons. The maximum absolute atomic E-state index is 5.98. The van der Waals surface area contributed by atoms with Gasteiger partial charge >= 0.3 is 0 Å². The quantitative estimate of drug-likeness (QED) is 0.893. The predicted molar refractivity (Wildman–Crippen MR) is 78.1 cm³/mol. The summed E-state index contributed by atoms with van der Waals surface area (Å²) in [6.07, 6.45) is 5.15. The number of hydrogen-bond acceptors (Lipinski definition) is 2. The number of hydrogen-bond donors (Lipinski definition) is 1. The molecule has 1 atom stereocenters. The van der Waals surface area contributed by atoms with E-state index in [0.717, 1.165) is 16.7 Å². The molecule has 0 aliphatic carbocycles. The standard InChI is InChI=1S/C14H20ClNS/c15-13-4-1-3-12(11-13)7-10-17-14-5-2-8-16-9-6-14/h1,3-4,11,14,16H,2,5-10H2. The summed E-state index contributed by atoms with van der Waals surface area (Å²) in [4.78, 5) is 0. The van der Waals surface area contributed by atoms with Crippen molar-refractivity contribution in [3.63, 3.8) is 0 Å². The van der Waals surface area contributed by atoms with Crippen LogP contribution in [0.25, 0.3) is 0 Å². The highest BCUT2D eigenvalue weighted by Gasteiger charge is 2.11. The van der Waals surface area contributed by atoms with Gasteiger partial charge < -0.3 is 5.32 Å². The fraction of sp³-hybridized carbons (Fsp3) is 0.571. The SMILES string of the molecule is Clc1cccc(CCSC2CCCNCC2)c1. The molecule has 1 saturated heterocycles. The Hall–Kier alpha value is -0.180. The van der Waals surface area contributed by atoms with Crippen molar-refractivity contribution in [3.05, 3.63) is 34.9 Å². The minimum atomic E-state index is 0.851. The van der Waals surface area contributed by atoms with Gasteiger partial charge in [-0.15, -0.1) is 0 Å². The number of benzene rings is 1. The van der Waals surface area contributed by atoms with Crippen LogP contribution in [0, 0.1) is 0 Å². The predicted octanol–water partition coefficient (Wildman–Crippen LogP) is 3.76. The number of rotatable bonds is 4. The fourth-order valence-corrected chi connectivity index (χ4v) is 3.71. The smallest absolute Gasteiger partial charge is 0.0408 e. The van der Waals surface area contributed by atoms with E-state index in [0.29, 0.717) is 0 Å². The lowest BCUT2D eigenvalue weighted by Crippen LogP contribution is -2.14. The number of nitrogens with one attached hydrogen (secondary N) is 1. The zero-order valence-electron chi connectivity index (χ0n) is 10.1. The van der Waals surface area contributed by atoms with Crippen LogP contribution < -0.4 is 5.32 Å². The van der Waals surface area contributed by atoms with Gasteiger partial charge in [0.05, 0.1) is 0 Å². The molecule has 1 aliphatic heterocycles. The lowest BCUT2D eigenvalue weighted by molar-refractivity contribution is 0.703. The van der Waals surface area contributed by atoms with Crippen LogP contribution in [0.15, 0.2) is 24.3 Å². The molecule has 1 aliphatic rings. The molecule has 0 spiro atoms. The molecule has 1 heterocycles. The first kappa shape index (κ1) is 13.3. The Balaban J connectivity index is 1.71. The molecule has 0 aromatic heterocycles. The Morgan fingerprint density at radius 1 is 1.29 bits per heavy atom. The van der Waals surface area contributed by atoms with Crippen molar-refractivity contribution in [2.45, 2.75) is 30.9 Å². The number of aryl methyl sites for hydroxylation is 1. The summed E-state index contributed by atoms with van der Waals surface area (Å²) in [6.45, 7) is 2.39. The highest BCUT2D eigenvalue weighted by atomic mass is 35.5. The van der Waals surface area contributed by atoms with E-state index < -0.39 is 0 Å². The second kappa shape index (κ2) is 7.30. The van der Waals surface area contributed by atoms with Crippen molar-refractivity contribution in [2.24, 2.45) is 0 Å². The molecule has 17 heavy (non-hydrogen) atoms.